The van der Waals surface area contributed by atoms with Crippen LogP contribution in [0.2, 0.25) is 0 Å². The van der Waals surface area contributed by atoms with E-state index in [-0.39, 0.29) is 12.6 Å². The van der Waals surface area contributed by atoms with Crippen molar-refractivity contribution in [1.82, 2.24) is 9.88 Å². The smallest absolute Gasteiger partial charge is 0.226 e. The van der Waals surface area contributed by atoms with E-state index in [1.807, 2.05) is 36.1 Å². The van der Waals surface area contributed by atoms with Crippen LogP contribution in [0.15, 0.2) is 34.9 Å². The third kappa shape index (κ3) is 3.71. The fourth-order valence-corrected chi connectivity index (χ4v) is 2.89. The van der Waals surface area contributed by atoms with Crippen LogP contribution in [0.3, 0.4) is 0 Å². The second-order valence-corrected chi connectivity index (χ2v) is 5.70. The summed E-state index contributed by atoms with van der Waals surface area (Å²) in [6.07, 6.45) is 1.08. The van der Waals surface area contributed by atoms with Crippen LogP contribution in [0.5, 0.6) is 5.75 Å². The summed E-state index contributed by atoms with van der Waals surface area (Å²) in [7, 11) is 0. The van der Waals surface area contributed by atoms with Gasteiger partial charge in [-0.2, -0.15) is 0 Å². The van der Waals surface area contributed by atoms with Gasteiger partial charge >= 0.3 is 0 Å². The molecule has 1 fully saturated rings. The number of hydrogen-bond acceptors (Lipinski definition) is 5. The molecule has 0 saturated carbocycles. The van der Waals surface area contributed by atoms with E-state index in [1.54, 1.807) is 6.26 Å². The van der Waals surface area contributed by atoms with Crippen LogP contribution in [0.4, 0.5) is 4.39 Å². The van der Waals surface area contributed by atoms with Crippen molar-refractivity contribution in [2.24, 2.45) is 0 Å². The summed E-state index contributed by atoms with van der Waals surface area (Å²) >= 11 is 0. The molecule has 1 saturated heterocycles. The number of oxazole rings is 1. The molecular formula is C17H21FN2O3. The Morgan fingerprint density at radius 2 is 2.17 bits per heavy atom. The van der Waals surface area contributed by atoms with E-state index in [9.17, 15) is 9.50 Å². The van der Waals surface area contributed by atoms with E-state index in [4.69, 9.17) is 9.15 Å². The average molecular weight is 320 g/mol. The molecule has 6 heteroatoms. The Morgan fingerprint density at radius 3 is 2.87 bits per heavy atom. The first-order valence-electron chi connectivity index (χ1n) is 7.86. The van der Waals surface area contributed by atoms with Crippen molar-refractivity contribution in [3.63, 3.8) is 0 Å². The molecular weight excluding hydrogens is 299 g/mol. The van der Waals surface area contributed by atoms with Crippen molar-refractivity contribution >= 4 is 0 Å². The monoisotopic (exact) mass is 320 g/mol. The molecule has 0 spiro atoms. The summed E-state index contributed by atoms with van der Waals surface area (Å²) in [6, 6.07) is 7.39. The molecule has 1 aromatic carbocycles. The standard InChI is InChI=1S/C17H21FN2O3/c1-2-22-16-5-3-12(4-6-16)17-19-14(11-23-17)9-20-8-13(18)7-15(20)10-21/h3-6,11,13,15,21H,2,7-10H2,1H3/t13-,15-/m0/s1. The van der Waals surface area contributed by atoms with Crippen molar-refractivity contribution in [1.29, 1.82) is 0 Å². The van der Waals surface area contributed by atoms with Gasteiger partial charge in [0.25, 0.3) is 0 Å². The molecule has 0 bridgehead atoms. The van der Waals surface area contributed by atoms with E-state index in [1.165, 1.54) is 0 Å². The first-order valence-corrected chi connectivity index (χ1v) is 7.86. The maximum absolute atomic E-state index is 13.5. The highest BCUT2D eigenvalue weighted by Crippen LogP contribution is 2.25. The molecule has 0 radical (unpaired) electrons. The van der Waals surface area contributed by atoms with Gasteiger partial charge in [0.05, 0.1) is 18.9 Å². The van der Waals surface area contributed by atoms with Crippen LogP contribution in [-0.4, -0.2) is 47.0 Å². The van der Waals surface area contributed by atoms with Gasteiger partial charge in [0.2, 0.25) is 5.89 Å². The normalized spacial score (nSPS) is 21.7. The summed E-state index contributed by atoms with van der Waals surface area (Å²) in [4.78, 5) is 6.37. The van der Waals surface area contributed by atoms with E-state index in [0.717, 1.165) is 17.0 Å². The Morgan fingerprint density at radius 1 is 1.39 bits per heavy atom. The van der Waals surface area contributed by atoms with Gasteiger partial charge in [-0.3, -0.25) is 4.90 Å². The van der Waals surface area contributed by atoms with E-state index < -0.39 is 6.17 Å². The minimum absolute atomic E-state index is 0.0377. The van der Waals surface area contributed by atoms with Crippen molar-refractivity contribution in [3.05, 3.63) is 36.2 Å². The lowest BCUT2D eigenvalue weighted by molar-refractivity contribution is 0.152. The number of aliphatic hydroxyl groups is 1. The molecule has 0 aliphatic carbocycles. The average Bonchev–Trinajstić information content (AvgIpc) is 3.15. The summed E-state index contributed by atoms with van der Waals surface area (Å²) in [5.41, 5.74) is 1.60. The van der Waals surface area contributed by atoms with Gasteiger partial charge in [-0.25, -0.2) is 9.37 Å². The lowest BCUT2D eigenvalue weighted by Crippen LogP contribution is -2.31. The van der Waals surface area contributed by atoms with Gasteiger partial charge in [-0.05, 0) is 37.6 Å². The minimum Gasteiger partial charge on any atom is -0.494 e. The molecule has 0 amide bonds. The zero-order valence-electron chi connectivity index (χ0n) is 13.1. The number of rotatable bonds is 6. The Balaban J connectivity index is 1.68. The zero-order chi connectivity index (χ0) is 16.2. The lowest BCUT2D eigenvalue weighted by Gasteiger charge is -2.20. The van der Waals surface area contributed by atoms with E-state index >= 15 is 0 Å². The van der Waals surface area contributed by atoms with Gasteiger partial charge in [0, 0.05) is 24.7 Å². The highest BCUT2D eigenvalue weighted by molar-refractivity contribution is 5.54. The van der Waals surface area contributed by atoms with Crippen LogP contribution < -0.4 is 4.74 Å². The van der Waals surface area contributed by atoms with Crippen molar-refractivity contribution in [2.75, 3.05) is 19.8 Å². The second-order valence-electron chi connectivity index (χ2n) is 5.70. The van der Waals surface area contributed by atoms with Crippen molar-refractivity contribution < 1.29 is 18.7 Å². The molecule has 3 rings (SSSR count). The van der Waals surface area contributed by atoms with Crippen LogP contribution >= 0.6 is 0 Å². The largest absolute Gasteiger partial charge is 0.494 e. The van der Waals surface area contributed by atoms with Crippen LogP contribution in [0.25, 0.3) is 11.5 Å². The summed E-state index contributed by atoms with van der Waals surface area (Å²) in [5, 5.41) is 9.32. The number of nitrogens with zero attached hydrogens (tertiary/aromatic N) is 2. The highest BCUT2D eigenvalue weighted by Gasteiger charge is 2.31. The number of alkyl halides is 1. The molecule has 2 atom stereocenters. The number of halogens is 1. The van der Waals surface area contributed by atoms with Gasteiger partial charge in [-0.1, -0.05) is 0 Å². The van der Waals surface area contributed by atoms with Crippen molar-refractivity contribution in [3.8, 4) is 17.2 Å². The van der Waals surface area contributed by atoms with Crippen molar-refractivity contribution in [2.45, 2.75) is 32.1 Å². The van der Waals surface area contributed by atoms with Gasteiger partial charge < -0.3 is 14.3 Å². The number of aromatic nitrogens is 1. The summed E-state index contributed by atoms with van der Waals surface area (Å²) in [6.45, 7) is 3.33. The van der Waals surface area contributed by atoms with E-state index in [0.29, 0.717) is 32.0 Å². The molecule has 1 aromatic heterocycles. The number of aliphatic hydroxyl groups excluding tert-OH is 1. The second kappa shape index (κ2) is 7.10. The lowest BCUT2D eigenvalue weighted by atomic mass is 10.2. The number of hydrogen-bond donors (Lipinski definition) is 1. The zero-order valence-corrected chi connectivity index (χ0v) is 13.1. The molecule has 2 heterocycles. The summed E-state index contributed by atoms with van der Waals surface area (Å²) in [5.74, 6) is 1.33. The van der Waals surface area contributed by atoms with Crippen LogP contribution in [0, 0.1) is 0 Å². The maximum Gasteiger partial charge on any atom is 0.226 e. The summed E-state index contributed by atoms with van der Waals surface area (Å²) < 4.78 is 24.4. The van der Waals surface area contributed by atoms with Gasteiger partial charge in [0.15, 0.2) is 0 Å². The third-order valence-corrected chi connectivity index (χ3v) is 4.02. The maximum atomic E-state index is 13.5. The third-order valence-electron chi connectivity index (χ3n) is 4.02. The fourth-order valence-electron chi connectivity index (χ4n) is 2.89. The van der Waals surface area contributed by atoms with Gasteiger partial charge in [-0.15, -0.1) is 0 Å². The molecule has 1 aliphatic heterocycles. The predicted molar refractivity (Wildman–Crippen MR) is 83.9 cm³/mol. The molecule has 0 unspecified atom stereocenters. The van der Waals surface area contributed by atoms with Crippen LogP contribution in [0.1, 0.15) is 19.0 Å². The molecule has 2 aromatic rings. The molecule has 5 nitrogen and oxygen atoms in total. The first-order chi connectivity index (χ1) is 11.2. The van der Waals surface area contributed by atoms with Gasteiger partial charge in [0.1, 0.15) is 18.2 Å². The Hall–Kier alpha value is -1.92. The molecule has 124 valence electrons. The predicted octanol–water partition coefficient (Wildman–Crippen LogP) is 2.65. The minimum atomic E-state index is -0.885. The SMILES string of the molecule is CCOc1ccc(-c2nc(CN3C[C@@H](F)C[C@H]3CO)co2)cc1. The Kier molecular flexibility index (Phi) is 4.93. The quantitative estimate of drug-likeness (QED) is 0.887. The number of benzene rings is 1. The molecule has 23 heavy (non-hydrogen) atoms. The number of ether oxygens (including phenoxy) is 1. The topological polar surface area (TPSA) is 58.7 Å². The number of likely N-dealkylation sites (tertiary alicyclic amines) is 1. The first kappa shape index (κ1) is 16.0. The Labute approximate surface area is 134 Å². The molecule has 1 aliphatic rings. The molecule has 1 N–H and O–H groups in total. The highest BCUT2D eigenvalue weighted by atomic mass is 19.1. The van der Waals surface area contributed by atoms with Crippen LogP contribution in [-0.2, 0) is 6.54 Å². The van der Waals surface area contributed by atoms with E-state index in [2.05, 4.69) is 4.98 Å². The fraction of sp³-hybridized carbons (Fsp3) is 0.471. The Bertz CT molecular complexity index is 629.